The van der Waals surface area contributed by atoms with Crippen LogP contribution >= 0.6 is 34.8 Å². The van der Waals surface area contributed by atoms with Crippen LogP contribution in [-0.4, -0.2) is 12.2 Å². The summed E-state index contributed by atoms with van der Waals surface area (Å²) in [7, 11) is 1.51. The molecule has 0 atom stereocenters. The van der Waals surface area contributed by atoms with Gasteiger partial charge in [0.2, 0.25) is 0 Å². The second-order valence-corrected chi connectivity index (χ2v) is 5.48. The number of aliphatic hydroxyl groups excluding tert-OH is 1. The smallest absolute Gasteiger partial charge is 0.167 e. The number of ether oxygens (including phenoxy) is 2. The molecule has 0 fully saturated rings. The highest BCUT2D eigenvalue weighted by Gasteiger charge is 2.14. The predicted octanol–water partition coefficient (Wildman–Crippen LogP) is 4.73. The number of aliphatic hydroxyl groups is 1. The first-order valence-electron chi connectivity index (χ1n) is 6.09. The second-order valence-electron chi connectivity index (χ2n) is 4.26. The molecule has 0 radical (unpaired) electrons. The summed E-state index contributed by atoms with van der Waals surface area (Å²) in [6, 6.07) is 8.55. The molecule has 1 N–H and O–H groups in total. The molecule has 0 heterocycles. The Balaban J connectivity index is 2.29. The van der Waals surface area contributed by atoms with E-state index in [4.69, 9.17) is 44.3 Å². The van der Waals surface area contributed by atoms with Gasteiger partial charge < -0.3 is 14.6 Å². The molecule has 0 aromatic heterocycles. The lowest BCUT2D eigenvalue weighted by molar-refractivity contribution is 0.250. The number of methoxy groups -OCH3 is 1. The lowest BCUT2D eigenvalue weighted by atomic mass is 10.2. The van der Waals surface area contributed by atoms with Gasteiger partial charge in [0.05, 0.1) is 23.8 Å². The van der Waals surface area contributed by atoms with Crippen LogP contribution in [-0.2, 0) is 13.2 Å². The van der Waals surface area contributed by atoms with Gasteiger partial charge in [-0.1, -0.05) is 46.9 Å². The molecule has 0 aliphatic carbocycles. The molecule has 112 valence electrons. The Kier molecular flexibility index (Phi) is 5.59. The SMILES string of the molecule is COc1cc(Cl)cc(CO)c1OCc1cccc(Cl)c1Cl. The monoisotopic (exact) mass is 346 g/mol. The standard InChI is InChI=1S/C15H13Cl3O3/c1-20-13-6-11(16)5-10(7-19)15(13)21-8-9-3-2-4-12(17)14(9)18/h2-6,19H,7-8H2,1H3. The van der Waals surface area contributed by atoms with E-state index >= 15 is 0 Å². The Bertz CT molecular complexity index is 619. The van der Waals surface area contributed by atoms with Gasteiger partial charge in [-0.3, -0.25) is 0 Å². The highest BCUT2D eigenvalue weighted by Crippen LogP contribution is 2.36. The van der Waals surface area contributed by atoms with Crippen molar-refractivity contribution in [3.63, 3.8) is 0 Å². The lowest BCUT2D eigenvalue weighted by Crippen LogP contribution is -2.02. The minimum atomic E-state index is -0.213. The summed E-state index contributed by atoms with van der Waals surface area (Å²) >= 11 is 18.0. The van der Waals surface area contributed by atoms with E-state index in [0.29, 0.717) is 32.1 Å². The molecule has 3 nitrogen and oxygen atoms in total. The van der Waals surface area contributed by atoms with Crippen LogP contribution in [0.5, 0.6) is 11.5 Å². The van der Waals surface area contributed by atoms with Crippen LogP contribution in [0, 0.1) is 0 Å². The summed E-state index contributed by atoms with van der Waals surface area (Å²) < 4.78 is 11.0. The molecule has 0 unspecified atom stereocenters. The Morgan fingerprint density at radius 1 is 1.10 bits per heavy atom. The van der Waals surface area contributed by atoms with Crippen LogP contribution in [0.3, 0.4) is 0 Å². The fourth-order valence-corrected chi connectivity index (χ4v) is 2.47. The van der Waals surface area contributed by atoms with Crippen LogP contribution in [0.15, 0.2) is 30.3 Å². The first kappa shape index (κ1) is 16.2. The Morgan fingerprint density at radius 2 is 1.86 bits per heavy atom. The molecule has 0 saturated heterocycles. The van der Waals surface area contributed by atoms with E-state index in [2.05, 4.69) is 0 Å². The maximum atomic E-state index is 9.42. The van der Waals surface area contributed by atoms with Crippen molar-refractivity contribution < 1.29 is 14.6 Å². The van der Waals surface area contributed by atoms with Gasteiger partial charge in [-0.2, -0.15) is 0 Å². The van der Waals surface area contributed by atoms with Gasteiger partial charge in [0.15, 0.2) is 11.5 Å². The summed E-state index contributed by atoms with van der Waals surface area (Å²) in [5.74, 6) is 0.880. The third kappa shape index (κ3) is 3.74. The maximum Gasteiger partial charge on any atom is 0.167 e. The number of rotatable bonds is 5. The zero-order chi connectivity index (χ0) is 15.4. The Labute approximate surface area is 138 Å². The first-order valence-corrected chi connectivity index (χ1v) is 7.23. The molecule has 0 aliphatic heterocycles. The van der Waals surface area contributed by atoms with Gasteiger partial charge in [-0.05, 0) is 12.1 Å². The van der Waals surface area contributed by atoms with E-state index in [1.54, 1.807) is 24.3 Å². The molecule has 0 amide bonds. The van der Waals surface area contributed by atoms with Crippen LogP contribution in [0.2, 0.25) is 15.1 Å². The molecule has 6 heteroatoms. The van der Waals surface area contributed by atoms with Crippen molar-refractivity contribution >= 4 is 34.8 Å². The van der Waals surface area contributed by atoms with Gasteiger partial charge in [-0.15, -0.1) is 0 Å². The lowest BCUT2D eigenvalue weighted by Gasteiger charge is -2.15. The van der Waals surface area contributed by atoms with E-state index in [-0.39, 0.29) is 13.2 Å². The van der Waals surface area contributed by atoms with E-state index in [9.17, 15) is 5.11 Å². The Morgan fingerprint density at radius 3 is 2.52 bits per heavy atom. The molecular weight excluding hydrogens is 335 g/mol. The van der Waals surface area contributed by atoms with Crippen molar-refractivity contribution in [2.24, 2.45) is 0 Å². The molecule has 0 saturated carbocycles. The van der Waals surface area contributed by atoms with Crippen LogP contribution in [0.4, 0.5) is 0 Å². The molecule has 0 aliphatic rings. The van der Waals surface area contributed by atoms with Gasteiger partial charge in [0, 0.05) is 22.2 Å². The molecule has 0 bridgehead atoms. The maximum absolute atomic E-state index is 9.42. The molecular formula is C15H13Cl3O3. The van der Waals surface area contributed by atoms with Crippen molar-refractivity contribution in [1.29, 1.82) is 0 Å². The highest BCUT2D eigenvalue weighted by molar-refractivity contribution is 6.42. The van der Waals surface area contributed by atoms with Crippen LogP contribution in [0.25, 0.3) is 0 Å². The summed E-state index contributed by atoms with van der Waals surface area (Å²) in [6.07, 6.45) is 0. The topological polar surface area (TPSA) is 38.7 Å². The summed E-state index contributed by atoms with van der Waals surface area (Å²) in [5, 5.41) is 10.8. The summed E-state index contributed by atoms with van der Waals surface area (Å²) in [4.78, 5) is 0. The predicted molar refractivity (Wildman–Crippen MR) is 84.7 cm³/mol. The van der Waals surface area contributed by atoms with E-state index in [1.165, 1.54) is 7.11 Å². The first-order chi connectivity index (χ1) is 10.1. The van der Waals surface area contributed by atoms with Crippen molar-refractivity contribution in [3.8, 4) is 11.5 Å². The van der Waals surface area contributed by atoms with E-state index < -0.39 is 0 Å². The van der Waals surface area contributed by atoms with Crippen molar-refractivity contribution in [2.45, 2.75) is 13.2 Å². The zero-order valence-electron chi connectivity index (χ0n) is 11.2. The fraction of sp³-hybridized carbons (Fsp3) is 0.200. The number of hydrogen-bond donors (Lipinski definition) is 1. The molecule has 2 rings (SSSR count). The molecule has 2 aromatic carbocycles. The third-order valence-corrected chi connectivity index (χ3v) is 3.97. The molecule has 21 heavy (non-hydrogen) atoms. The van der Waals surface area contributed by atoms with E-state index in [0.717, 1.165) is 5.56 Å². The van der Waals surface area contributed by atoms with Crippen molar-refractivity contribution in [1.82, 2.24) is 0 Å². The normalized spacial score (nSPS) is 10.5. The number of hydrogen-bond acceptors (Lipinski definition) is 3. The van der Waals surface area contributed by atoms with Gasteiger partial charge >= 0.3 is 0 Å². The fourth-order valence-electron chi connectivity index (χ4n) is 1.87. The largest absolute Gasteiger partial charge is 0.493 e. The Hall–Kier alpha value is -1.13. The molecule has 2 aromatic rings. The minimum Gasteiger partial charge on any atom is -0.493 e. The van der Waals surface area contributed by atoms with Gasteiger partial charge in [-0.25, -0.2) is 0 Å². The van der Waals surface area contributed by atoms with Crippen molar-refractivity contribution in [3.05, 3.63) is 56.5 Å². The van der Waals surface area contributed by atoms with E-state index in [1.807, 2.05) is 6.07 Å². The quantitative estimate of drug-likeness (QED) is 0.850. The van der Waals surface area contributed by atoms with Crippen LogP contribution < -0.4 is 9.47 Å². The van der Waals surface area contributed by atoms with Gasteiger partial charge in [0.1, 0.15) is 6.61 Å². The van der Waals surface area contributed by atoms with Crippen LogP contribution in [0.1, 0.15) is 11.1 Å². The minimum absolute atomic E-state index is 0.199. The number of halogens is 3. The average Bonchev–Trinajstić information content (AvgIpc) is 2.48. The van der Waals surface area contributed by atoms with Gasteiger partial charge in [0.25, 0.3) is 0 Å². The average molecular weight is 348 g/mol. The second kappa shape index (κ2) is 7.23. The third-order valence-electron chi connectivity index (χ3n) is 2.89. The molecule has 0 spiro atoms. The number of benzene rings is 2. The zero-order valence-corrected chi connectivity index (χ0v) is 13.5. The highest BCUT2D eigenvalue weighted by atomic mass is 35.5. The van der Waals surface area contributed by atoms with Crippen molar-refractivity contribution in [2.75, 3.05) is 7.11 Å². The summed E-state index contributed by atoms with van der Waals surface area (Å²) in [6.45, 7) is -0.0140. The summed E-state index contributed by atoms with van der Waals surface area (Å²) in [5.41, 5.74) is 1.28.